The summed E-state index contributed by atoms with van der Waals surface area (Å²) in [6, 6.07) is -8.44. The van der Waals surface area contributed by atoms with Gasteiger partial charge in [-0.15, -0.1) is 0 Å². The zero-order chi connectivity index (χ0) is 50.6. The van der Waals surface area contributed by atoms with Crippen molar-refractivity contribution in [3.8, 4) is 11.5 Å². The Labute approximate surface area is 392 Å². The summed E-state index contributed by atoms with van der Waals surface area (Å²) in [6.07, 6.45) is -14.2. The van der Waals surface area contributed by atoms with Gasteiger partial charge in [0, 0.05) is 38.5 Å². The second-order valence-corrected chi connectivity index (χ2v) is 16.8. The minimum atomic E-state index is -2.46. The van der Waals surface area contributed by atoms with Gasteiger partial charge in [0.25, 0.3) is 12.3 Å². The highest BCUT2D eigenvalue weighted by Crippen LogP contribution is 2.34. The lowest BCUT2D eigenvalue weighted by atomic mass is 9.96. The van der Waals surface area contributed by atoms with Gasteiger partial charge in [0.05, 0.1) is 36.6 Å². The first-order chi connectivity index (χ1) is 32.1. The van der Waals surface area contributed by atoms with Gasteiger partial charge >= 0.3 is 6.09 Å². The van der Waals surface area contributed by atoms with Gasteiger partial charge in [-0.25, -0.2) is 10.1 Å². The Balaban J connectivity index is 1.84. The standard InChI is InChI=1S/C39H58N8O20S/c1-4-9-64-39(62)41-8-7-24(52)27-38(61)47-14-16(2)30(53)29(47)36(59)42-13-19(49)11-21(40)33(56)43-26(17(3)48)37(60)46-15-20(50)12-22(46)34(57)45-28(35(58)44-27)32(55)31(54)18-5-6-23(51)25(10-18)65-68-67-66-63/h4-6,10,16-17,19-22,24,26-32,48-55,63H,1,7-9,11-15,40H2,2-3H3,(H,41,62)(H,42,59)(H,43,56)(H,44,58)(H,45,57)/t16-,17+,19+,20+,21+,22+,24-,26+,27+,28+,29+,30+,31+,32+/m1/s1. The van der Waals surface area contributed by atoms with Crippen molar-refractivity contribution in [1.29, 1.82) is 0 Å². The number of alkyl carbamates (subject to hydrolysis) is 1. The number of amides is 7. The molecule has 1 aromatic carbocycles. The van der Waals surface area contributed by atoms with E-state index in [9.17, 15) is 74.4 Å². The number of carbonyl (C=O) groups is 7. The first-order valence-electron chi connectivity index (χ1n) is 21.1. The molecule has 16 N–H and O–H groups in total. The molecule has 1 aromatic rings. The van der Waals surface area contributed by atoms with E-state index in [-0.39, 0.29) is 31.0 Å². The van der Waals surface area contributed by atoms with Crippen molar-refractivity contribution < 1.29 is 98.0 Å². The maximum atomic E-state index is 14.6. The van der Waals surface area contributed by atoms with Crippen LogP contribution >= 0.6 is 12.3 Å². The number of rotatable bonds is 14. The second kappa shape index (κ2) is 25.2. The van der Waals surface area contributed by atoms with E-state index in [1.807, 2.05) is 0 Å². The predicted octanol–water partition coefficient (Wildman–Crippen LogP) is -5.97. The maximum Gasteiger partial charge on any atom is 0.407 e. The quantitative estimate of drug-likeness (QED) is 0.0271. The molecule has 68 heavy (non-hydrogen) atoms. The zero-order valence-corrected chi connectivity index (χ0v) is 37.5. The van der Waals surface area contributed by atoms with Crippen LogP contribution < -0.4 is 36.5 Å². The van der Waals surface area contributed by atoms with Gasteiger partial charge in [-0.2, -0.15) is 0 Å². The average molecular weight is 991 g/mol. The Kier molecular flexibility index (Phi) is 20.5. The smallest absolute Gasteiger partial charge is 0.407 e. The minimum Gasteiger partial charge on any atom is -0.504 e. The molecular weight excluding hydrogens is 933 g/mol. The van der Waals surface area contributed by atoms with Crippen LogP contribution in [0, 0.1) is 5.92 Å². The molecule has 0 saturated carbocycles. The molecule has 0 bridgehead atoms. The van der Waals surface area contributed by atoms with Crippen LogP contribution in [0.1, 0.15) is 44.8 Å². The normalized spacial score (nSPS) is 29.7. The molecule has 0 aromatic heterocycles. The molecule has 28 nitrogen and oxygen atoms in total. The summed E-state index contributed by atoms with van der Waals surface area (Å²) in [4.78, 5) is 98.1. The van der Waals surface area contributed by atoms with Gasteiger partial charge in [-0.1, -0.05) is 35.0 Å². The van der Waals surface area contributed by atoms with E-state index in [2.05, 4.69) is 42.5 Å². The largest absolute Gasteiger partial charge is 0.504 e. The maximum absolute atomic E-state index is 14.6. The van der Waals surface area contributed by atoms with Crippen molar-refractivity contribution in [1.82, 2.24) is 36.4 Å². The highest BCUT2D eigenvalue weighted by molar-refractivity contribution is 7.90. The number of nitrogens with one attached hydrogen (secondary N) is 5. The number of aliphatic hydroxyl groups excluding tert-OH is 7. The number of benzene rings is 1. The zero-order valence-electron chi connectivity index (χ0n) is 36.7. The number of phenols is 1. The first kappa shape index (κ1) is 55.2. The Bertz CT molecular complexity index is 1970. The van der Waals surface area contributed by atoms with Crippen LogP contribution in [0.3, 0.4) is 0 Å². The Morgan fingerprint density at radius 1 is 0.926 bits per heavy atom. The summed E-state index contributed by atoms with van der Waals surface area (Å²) in [5, 5.41) is 112. The second-order valence-electron chi connectivity index (χ2n) is 16.4. The fraction of sp³-hybridized carbons (Fsp3) is 0.615. The molecule has 4 rings (SSSR count). The monoisotopic (exact) mass is 990 g/mol. The number of carbonyl (C=O) groups excluding carboxylic acids is 7. The van der Waals surface area contributed by atoms with E-state index in [1.165, 1.54) is 13.0 Å². The molecule has 3 aliphatic rings. The van der Waals surface area contributed by atoms with Crippen molar-refractivity contribution in [2.75, 3.05) is 32.8 Å². The Morgan fingerprint density at radius 3 is 2.25 bits per heavy atom. The van der Waals surface area contributed by atoms with Gasteiger partial charge in [-0.3, -0.25) is 28.8 Å². The van der Waals surface area contributed by atoms with Gasteiger partial charge in [0.1, 0.15) is 49.0 Å². The van der Waals surface area contributed by atoms with Crippen molar-refractivity contribution in [2.24, 2.45) is 11.7 Å². The molecule has 3 heterocycles. The molecule has 0 radical (unpaired) electrons. The molecule has 380 valence electrons. The summed E-state index contributed by atoms with van der Waals surface area (Å²) >= 11 is -0.00604. The third-order valence-corrected chi connectivity index (χ3v) is 11.7. The summed E-state index contributed by atoms with van der Waals surface area (Å²) in [5.41, 5.74) is 5.71. The summed E-state index contributed by atoms with van der Waals surface area (Å²) in [6.45, 7) is 3.88. The number of hydrogen-bond donors (Lipinski definition) is 15. The van der Waals surface area contributed by atoms with Gasteiger partial charge in [0.2, 0.25) is 35.4 Å². The minimum absolute atomic E-state index is 0.00604. The molecule has 14 atom stereocenters. The summed E-state index contributed by atoms with van der Waals surface area (Å²) < 4.78 is 14.0. The topological polar surface area (TPSA) is 431 Å². The van der Waals surface area contributed by atoms with Crippen molar-refractivity contribution in [2.45, 2.75) is 112 Å². The Morgan fingerprint density at radius 2 is 1.59 bits per heavy atom. The first-order valence-corrected chi connectivity index (χ1v) is 21.8. The van der Waals surface area contributed by atoms with Crippen molar-refractivity contribution in [3.05, 3.63) is 36.4 Å². The van der Waals surface area contributed by atoms with Gasteiger partial charge in [-0.05, 0) is 37.5 Å². The number of hydrogen-bond acceptors (Lipinski definition) is 22. The van der Waals surface area contributed by atoms with E-state index in [4.69, 9.17) is 19.9 Å². The number of aliphatic hydroxyl groups is 7. The number of ether oxygens (including phenoxy) is 1. The SMILES string of the molecule is C=CCOC(=O)NCC[C@@H](O)[C@@H]1NC(=O)[C@H]([C@H](O)[C@@H](O)c2ccc(O)c(OSOOO)c2)NC(=O)[C@@H]2C[C@H](O)CN2C(=O)[C@H]([C@H](C)O)NC(=O)[C@@H](N)C[C@H](O)CNC(=O)[C@@H]2[C@@H](O)[C@H](C)CN2C1=O. The van der Waals surface area contributed by atoms with Crippen LogP contribution in [0.15, 0.2) is 30.9 Å². The van der Waals surface area contributed by atoms with Gasteiger partial charge in [0.15, 0.2) is 11.5 Å². The number of phenolic OH excluding ortho intramolecular Hbond substituents is 1. The van der Waals surface area contributed by atoms with Crippen LogP contribution in [0.2, 0.25) is 0 Å². The lowest BCUT2D eigenvalue weighted by Crippen LogP contribution is -2.64. The third-order valence-electron chi connectivity index (χ3n) is 11.3. The lowest BCUT2D eigenvalue weighted by Gasteiger charge is -2.34. The van der Waals surface area contributed by atoms with Crippen LogP contribution in [0.25, 0.3) is 0 Å². The van der Waals surface area contributed by atoms with Gasteiger partial charge < -0.3 is 91.9 Å². The van der Waals surface area contributed by atoms with E-state index in [0.717, 1.165) is 34.9 Å². The van der Waals surface area contributed by atoms with Crippen molar-refractivity contribution >= 4 is 53.9 Å². The molecule has 0 aliphatic carbocycles. The number of β-amino-alcohol motifs (C(OH)–C–C–N with tert-alkyl or cyclic N) is 1. The molecular formula is C39H58N8O20S. The third kappa shape index (κ3) is 14.1. The Hall–Kier alpha value is -5.44. The molecule has 0 unspecified atom stereocenters. The number of fused-ring (bicyclic) bond motifs is 2. The van der Waals surface area contributed by atoms with Crippen LogP contribution in [-0.4, -0.2) is 203 Å². The fourth-order valence-corrected chi connectivity index (χ4v) is 7.95. The highest BCUT2D eigenvalue weighted by atomic mass is 32.2. The van der Waals surface area contributed by atoms with E-state index in [1.54, 1.807) is 0 Å². The number of aromatic hydroxyl groups is 1. The molecule has 3 fully saturated rings. The highest BCUT2D eigenvalue weighted by Gasteiger charge is 2.50. The molecule has 3 aliphatic heterocycles. The van der Waals surface area contributed by atoms with Crippen LogP contribution in [-0.2, 0) is 42.9 Å². The summed E-state index contributed by atoms with van der Waals surface area (Å²) in [5.74, 6) is -9.12. The number of nitrogens with two attached hydrogens (primary N) is 1. The number of nitrogens with zero attached hydrogens (tertiary/aromatic N) is 2. The predicted molar refractivity (Wildman–Crippen MR) is 228 cm³/mol. The van der Waals surface area contributed by atoms with Crippen molar-refractivity contribution in [3.63, 3.8) is 0 Å². The summed E-state index contributed by atoms with van der Waals surface area (Å²) in [7, 11) is 0. The van der Waals surface area contributed by atoms with Crippen LogP contribution in [0.5, 0.6) is 11.5 Å². The molecule has 0 spiro atoms. The molecule has 7 amide bonds. The molecule has 29 heteroatoms. The average Bonchev–Trinajstić information content (AvgIpc) is 3.84. The lowest BCUT2D eigenvalue weighted by molar-refractivity contribution is -0.433. The van der Waals surface area contributed by atoms with E-state index >= 15 is 0 Å². The fourth-order valence-electron chi connectivity index (χ4n) is 7.69. The molecule has 3 saturated heterocycles. The van der Waals surface area contributed by atoms with E-state index in [0.29, 0.717) is 0 Å². The van der Waals surface area contributed by atoms with Crippen LogP contribution in [0.4, 0.5) is 4.79 Å². The van der Waals surface area contributed by atoms with E-state index < -0.39 is 177 Å².